The molecular weight excluding hydrogens is 580 g/mol. The average molecular weight is 623 g/mol. The highest BCUT2D eigenvalue weighted by Crippen LogP contribution is 2.40. The van der Waals surface area contributed by atoms with Crippen molar-refractivity contribution in [2.24, 2.45) is 0 Å². The summed E-state index contributed by atoms with van der Waals surface area (Å²) in [4.78, 5) is 12.4. The summed E-state index contributed by atoms with van der Waals surface area (Å²) in [6.07, 6.45) is -10.4. The van der Waals surface area contributed by atoms with E-state index in [1.165, 1.54) is 12.2 Å². The highest BCUT2D eigenvalue weighted by molar-refractivity contribution is 8.77. The molecule has 15 heteroatoms. The van der Waals surface area contributed by atoms with E-state index in [9.17, 15) is 45.6 Å². The first-order valence-electron chi connectivity index (χ1n) is 13.7. The number of ether oxygens (including phenoxy) is 2. The topological polar surface area (TPSA) is 221 Å². The third-order valence-corrected chi connectivity index (χ3v) is 10.0. The molecule has 0 bridgehead atoms. The van der Waals surface area contributed by atoms with Gasteiger partial charge in [0.25, 0.3) is 0 Å². The molecule has 2 aliphatic rings. The van der Waals surface area contributed by atoms with Gasteiger partial charge in [-0.05, 0) is 37.5 Å². The third-order valence-electron chi connectivity index (χ3n) is 7.01. The lowest BCUT2D eigenvalue weighted by Gasteiger charge is -2.42. The molecular formula is C26H42N2O11S2. The van der Waals surface area contributed by atoms with Crippen LogP contribution < -0.4 is 10.6 Å². The number of anilines is 2. The number of hydrogen-bond acceptors (Lipinski definition) is 14. The zero-order valence-electron chi connectivity index (χ0n) is 22.6. The Labute approximate surface area is 246 Å². The molecule has 234 valence electrons. The average Bonchev–Trinajstić information content (AvgIpc) is 3.50. The van der Waals surface area contributed by atoms with Crippen LogP contribution in [-0.4, -0.2) is 133 Å². The van der Waals surface area contributed by atoms with Crippen molar-refractivity contribution in [3.63, 3.8) is 0 Å². The summed E-state index contributed by atoms with van der Waals surface area (Å²) in [7, 11) is 3.84. The molecule has 0 aromatic heterocycles. The SMILES string of the molecule is O=C(CCCCC1CCSS1)Nc1cccc(NC[C@H](O)[C@@H](O)[C@H](O[C@H]2O[C@H](CO)[C@@H](O)[C@H](O)[C@H]2O)[C@H](O)CO)c1. The van der Waals surface area contributed by atoms with Crippen molar-refractivity contribution < 1.29 is 55.1 Å². The molecule has 2 fully saturated rings. The second kappa shape index (κ2) is 17.2. The fraction of sp³-hybridized carbons (Fsp3) is 0.731. The highest BCUT2D eigenvalue weighted by Gasteiger charge is 2.46. The van der Waals surface area contributed by atoms with Gasteiger partial charge in [0, 0.05) is 35.3 Å². The van der Waals surface area contributed by atoms with Crippen molar-refractivity contribution in [3.8, 4) is 0 Å². The van der Waals surface area contributed by atoms with Crippen LogP contribution in [0.4, 0.5) is 11.4 Å². The van der Waals surface area contributed by atoms with Crippen LogP contribution in [0.1, 0.15) is 32.1 Å². The summed E-state index contributed by atoms with van der Waals surface area (Å²) in [5.74, 6) is 1.09. The largest absolute Gasteiger partial charge is 0.394 e. The monoisotopic (exact) mass is 622 g/mol. The predicted molar refractivity (Wildman–Crippen MR) is 154 cm³/mol. The van der Waals surface area contributed by atoms with Gasteiger partial charge in [-0.3, -0.25) is 4.79 Å². The molecule has 1 aromatic carbocycles. The van der Waals surface area contributed by atoms with Crippen LogP contribution >= 0.6 is 21.6 Å². The van der Waals surface area contributed by atoms with Gasteiger partial charge in [-0.15, -0.1) is 0 Å². The van der Waals surface area contributed by atoms with Gasteiger partial charge in [-0.25, -0.2) is 0 Å². The van der Waals surface area contributed by atoms with Gasteiger partial charge in [-0.2, -0.15) is 0 Å². The molecule has 10 atom stereocenters. The van der Waals surface area contributed by atoms with Crippen LogP contribution in [-0.2, 0) is 14.3 Å². The summed E-state index contributed by atoms with van der Waals surface area (Å²) in [5.41, 5.74) is 1.08. The van der Waals surface area contributed by atoms with Crippen molar-refractivity contribution >= 4 is 38.9 Å². The van der Waals surface area contributed by atoms with E-state index in [-0.39, 0.29) is 12.5 Å². The molecule has 1 amide bonds. The zero-order valence-corrected chi connectivity index (χ0v) is 24.2. The molecule has 2 saturated heterocycles. The number of unbranched alkanes of at least 4 members (excludes halogenated alkanes) is 1. The van der Waals surface area contributed by atoms with Crippen molar-refractivity contribution in [1.29, 1.82) is 0 Å². The Kier molecular flexibility index (Phi) is 14.4. The minimum atomic E-state index is -1.81. The predicted octanol–water partition coefficient (Wildman–Crippen LogP) is -0.989. The van der Waals surface area contributed by atoms with Crippen LogP contribution in [0.5, 0.6) is 0 Å². The number of aliphatic hydroxyl groups excluding tert-OH is 8. The Hall–Kier alpha value is -1.21. The van der Waals surface area contributed by atoms with E-state index in [0.717, 1.165) is 19.3 Å². The molecule has 10 N–H and O–H groups in total. The fourth-order valence-electron chi connectivity index (χ4n) is 4.55. The number of benzene rings is 1. The van der Waals surface area contributed by atoms with Crippen LogP contribution in [0.25, 0.3) is 0 Å². The van der Waals surface area contributed by atoms with Crippen molar-refractivity contribution in [1.82, 2.24) is 0 Å². The van der Waals surface area contributed by atoms with Gasteiger partial charge in [0.2, 0.25) is 5.91 Å². The van der Waals surface area contributed by atoms with Crippen molar-refractivity contribution in [2.75, 3.05) is 36.1 Å². The number of carbonyl (C=O) groups excluding carboxylic acids is 1. The van der Waals surface area contributed by atoms with E-state index in [2.05, 4.69) is 10.6 Å². The fourth-order valence-corrected chi connectivity index (χ4v) is 7.58. The van der Waals surface area contributed by atoms with E-state index in [4.69, 9.17) is 9.47 Å². The van der Waals surface area contributed by atoms with Crippen molar-refractivity contribution in [2.45, 2.75) is 92.5 Å². The van der Waals surface area contributed by atoms with Crippen LogP contribution in [0, 0.1) is 0 Å². The molecule has 2 heterocycles. The molecule has 0 spiro atoms. The van der Waals surface area contributed by atoms with Gasteiger partial charge in [0.05, 0.1) is 19.3 Å². The minimum Gasteiger partial charge on any atom is -0.394 e. The van der Waals surface area contributed by atoms with Gasteiger partial charge in [0.15, 0.2) is 6.29 Å². The first-order valence-corrected chi connectivity index (χ1v) is 16.1. The smallest absolute Gasteiger partial charge is 0.224 e. The van der Waals surface area contributed by atoms with E-state index in [0.29, 0.717) is 23.0 Å². The molecule has 41 heavy (non-hydrogen) atoms. The van der Waals surface area contributed by atoms with Crippen molar-refractivity contribution in [3.05, 3.63) is 24.3 Å². The lowest BCUT2D eigenvalue weighted by molar-refractivity contribution is -0.326. The van der Waals surface area contributed by atoms with Gasteiger partial charge in [-0.1, -0.05) is 34.1 Å². The maximum absolute atomic E-state index is 12.4. The van der Waals surface area contributed by atoms with Crippen LogP contribution in [0.3, 0.4) is 0 Å². The Morgan fingerprint density at radius 3 is 2.49 bits per heavy atom. The lowest BCUT2D eigenvalue weighted by Crippen LogP contribution is -2.61. The van der Waals surface area contributed by atoms with Crippen LogP contribution in [0.2, 0.25) is 0 Å². The number of amides is 1. The zero-order chi connectivity index (χ0) is 29.9. The minimum absolute atomic E-state index is 0.0998. The second-order valence-corrected chi connectivity index (χ2v) is 13.0. The van der Waals surface area contributed by atoms with Gasteiger partial charge in [0.1, 0.15) is 42.7 Å². The van der Waals surface area contributed by atoms with E-state index in [1.807, 2.05) is 21.6 Å². The third kappa shape index (κ3) is 10.2. The Bertz CT molecular complexity index is 927. The summed E-state index contributed by atoms with van der Waals surface area (Å²) in [6, 6.07) is 6.78. The molecule has 3 rings (SSSR count). The quantitative estimate of drug-likeness (QED) is 0.0790. The number of hydrogen-bond donors (Lipinski definition) is 10. The number of nitrogens with one attached hydrogen (secondary N) is 2. The maximum atomic E-state index is 12.4. The Morgan fingerprint density at radius 1 is 1.05 bits per heavy atom. The standard InChI is InChI=1S/C26H42N2O11S2/c29-12-18(32)25(39-26-24(37)23(36)22(35)19(13-30)38-26)21(34)17(31)11-27-14-4-3-5-15(10-14)28-20(33)7-2-1-6-16-8-9-40-41-16/h3-5,10,16-19,21-27,29-32,34-37H,1-2,6-9,11-13H2,(H,28,33)/t16?,17-,18+,19+,21+,22+,23-,24+,25+,26+/m0/s1. The summed E-state index contributed by atoms with van der Waals surface area (Å²) < 4.78 is 10.7. The normalized spacial score (nSPS) is 29.5. The maximum Gasteiger partial charge on any atom is 0.224 e. The van der Waals surface area contributed by atoms with Gasteiger partial charge >= 0.3 is 0 Å². The Morgan fingerprint density at radius 2 is 1.80 bits per heavy atom. The molecule has 2 aliphatic heterocycles. The first-order chi connectivity index (χ1) is 19.6. The molecule has 13 nitrogen and oxygen atoms in total. The molecule has 0 aliphatic carbocycles. The molecule has 0 radical (unpaired) electrons. The van der Waals surface area contributed by atoms with E-state index in [1.54, 1.807) is 24.3 Å². The molecule has 1 aromatic rings. The molecule has 1 unspecified atom stereocenters. The molecule has 0 saturated carbocycles. The number of carbonyl (C=O) groups is 1. The van der Waals surface area contributed by atoms with Crippen LogP contribution in [0.15, 0.2) is 24.3 Å². The van der Waals surface area contributed by atoms with Gasteiger partial charge < -0.3 is 61.0 Å². The number of aliphatic hydroxyl groups is 8. The summed E-state index contributed by atoms with van der Waals surface area (Å²) in [6.45, 7) is -1.83. The first kappa shape index (κ1) is 34.3. The Balaban J connectivity index is 1.50. The lowest BCUT2D eigenvalue weighted by atomic mass is 9.98. The van der Waals surface area contributed by atoms with E-state index >= 15 is 0 Å². The summed E-state index contributed by atoms with van der Waals surface area (Å²) in [5, 5.41) is 86.9. The highest BCUT2D eigenvalue weighted by atomic mass is 33.1. The summed E-state index contributed by atoms with van der Waals surface area (Å²) >= 11 is 0. The van der Waals surface area contributed by atoms with E-state index < -0.39 is 68.3 Å². The second-order valence-electron chi connectivity index (χ2n) is 10.2. The number of rotatable bonds is 16.